The van der Waals surface area contributed by atoms with Crippen molar-refractivity contribution in [1.82, 2.24) is 15.5 Å². The van der Waals surface area contributed by atoms with Crippen molar-refractivity contribution < 1.29 is 4.74 Å². The van der Waals surface area contributed by atoms with Crippen LogP contribution in [0.3, 0.4) is 0 Å². The van der Waals surface area contributed by atoms with E-state index in [1.165, 1.54) is 5.56 Å². The lowest BCUT2D eigenvalue weighted by atomic mass is 10.0. The topological polar surface area (TPSA) is 48.9 Å². The Morgan fingerprint density at radius 3 is 2.62 bits per heavy atom. The van der Waals surface area contributed by atoms with Gasteiger partial charge in [0.05, 0.1) is 18.2 Å². The summed E-state index contributed by atoms with van der Waals surface area (Å²) in [5.74, 6) is 0.858. The average Bonchev–Trinajstić information content (AvgIpc) is 3.00. The predicted octanol–water partition coefficient (Wildman–Crippen LogP) is 2.41. The number of likely N-dealkylation sites (N-methyl/N-ethyl adjacent to an activating group) is 1. The van der Waals surface area contributed by atoms with Crippen LogP contribution in [0.4, 0.5) is 0 Å². The Hall–Kier alpha value is -1.59. The summed E-state index contributed by atoms with van der Waals surface area (Å²) in [5, 5.41) is 6.82. The van der Waals surface area contributed by atoms with Crippen LogP contribution in [-0.2, 0) is 4.74 Å². The van der Waals surface area contributed by atoms with Crippen molar-refractivity contribution in [2.24, 2.45) is 4.99 Å². The number of nitrogens with zero attached hydrogens (tertiary/aromatic N) is 2. The van der Waals surface area contributed by atoms with Gasteiger partial charge in [0.1, 0.15) is 0 Å². The Morgan fingerprint density at radius 1 is 1.29 bits per heavy atom. The van der Waals surface area contributed by atoms with Crippen LogP contribution in [0, 0.1) is 0 Å². The molecule has 2 unspecified atom stereocenters. The minimum Gasteiger partial charge on any atom is -0.373 e. The molecule has 1 fully saturated rings. The van der Waals surface area contributed by atoms with Crippen molar-refractivity contribution in [3.63, 3.8) is 0 Å². The van der Waals surface area contributed by atoms with Gasteiger partial charge in [-0.1, -0.05) is 30.3 Å². The normalized spacial score (nSPS) is 22.6. The second-order valence-electron chi connectivity index (χ2n) is 6.87. The van der Waals surface area contributed by atoms with Gasteiger partial charge in [-0.3, -0.25) is 4.99 Å². The van der Waals surface area contributed by atoms with E-state index < -0.39 is 0 Å². The van der Waals surface area contributed by atoms with E-state index in [0.717, 1.165) is 38.5 Å². The highest BCUT2D eigenvalue weighted by Crippen LogP contribution is 2.25. The molecule has 1 heterocycles. The summed E-state index contributed by atoms with van der Waals surface area (Å²) in [6.45, 7) is 7.44. The van der Waals surface area contributed by atoms with E-state index in [0.29, 0.717) is 12.6 Å². The minimum absolute atomic E-state index is 0.108. The molecule has 1 aromatic carbocycles. The van der Waals surface area contributed by atoms with Gasteiger partial charge in [0.2, 0.25) is 0 Å². The third kappa shape index (κ3) is 5.49. The maximum Gasteiger partial charge on any atom is 0.191 e. The molecule has 0 spiro atoms. The van der Waals surface area contributed by atoms with E-state index in [1.54, 1.807) is 0 Å². The number of aliphatic imine (C=N–C) groups is 1. The summed E-state index contributed by atoms with van der Waals surface area (Å²) in [5.41, 5.74) is 1.19. The third-order valence-electron chi connectivity index (χ3n) is 4.49. The fourth-order valence-corrected chi connectivity index (χ4v) is 3.02. The largest absolute Gasteiger partial charge is 0.373 e. The highest BCUT2D eigenvalue weighted by atomic mass is 16.5. The van der Waals surface area contributed by atoms with Crippen molar-refractivity contribution in [1.29, 1.82) is 0 Å². The van der Waals surface area contributed by atoms with Crippen LogP contribution in [-0.4, -0.2) is 56.8 Å². The smallest absolute Gasteiger partial charge is 0.191 e. The zero-order valence-electron chi connectivity index (χ0n) is 15.5. The molecule has 0 amide bonds. The fraction of sp³-hybridized carbons (Fsp3) is 0.632. The molecule has 0 radical (unpaired) electrons. The van der Waals surface area contributed by atoms with Gasteiger partial charge < -0.3 is 20.3 Å². The molecule has 1 aromatic rings. The first-order valence-corrected chi connectivity index (χ1v) is 8.91. The highest BCUT2D eigenvalue weighted by molar-refractivity contribution is 5.79. The molecule has 1 aliphatic rings. The van der Waals surface area contributed by atoms with E-state index in [1.807, 2.05) is 0 Å². The molecule has 2 rings (SSSR count). The van der Waals surface area contributed by atoms with Crippen LogP contribution in [0.15, 0.2) is 35.3 Å². The number of nitrogens with one attached hydrogen (secondary N) is 2. The quantitative estimate of drug-likeness (QED) is 0.595. The summed E-state index contributed by atoms with van der Waals surface area (Å²) in [6, 6.07) is 10.9. The van der Waals surface area contributed by atoms with Gasteiger partial charge in [0, 0.05) is 19.7 Å². The number of guanidine groups is 1. The lowest BCUT2D eigenvalue weighted by Gasteiger charge is -2.26. The molecule has 2 atom stereocenters. The molecular weight excluding hydrogens is 300 g/mol. The van der Waals surface area contributed by atoms with E-state index in [9.17, 15) is 0 Å². The van der Waals surface area contributed by atoms with Gasteiger partial charge in [-0.05, 0) is 46.3 Å². The van der Waals surface area contributed by atoms with Crippen LogP contribution in [0.1, 0.15) is 38.3 Å². The Bertz CT molecular complexity index is 509. The lowest BCUT2D eigenvalue weighted by Crippen LogP contribution is -2.42. The van der Waals surface area contributed by atoms with E-state index >= 15 is 0 Å². The number of rotatable bonds is 7. The molecule has 1 saturated heterocycles. The summed E-state index contributed by atoms with van der Waals surface area (Å²) >= 11 is 0. The van der Waals surface area contributed by atoms with Gasteiger partial charge in [0.15, 0.2) is 5.96 Å². The molecule has 0 aliphatic carbocycles. The second kappa shape index (κ2) is 9.04. The first kappa shape index (κ1) is 18.7. The van der Waals surface area contributed by atoms with E-state index in [-0.39, 0.29) is 5.60 Å². The first-order valence-electron chi connectivity index (χ1n) is 8.91. The second-order valence-corrected chi connectivity index (χ2v) is 6.87. The van der Waals surface area contributed by atoms with Crippen molar-refractivity contribution in [2.75, 3.05) is 40.3 Å². The monoisotopic (exact) mass is 332 g/mol. The Kier molecular flexibility index (Phi) is 7.06. The van der Waals surface area contributed by atoms with Gasteiger partial charge >= 0.3 is 0 Å². The number of ether oxygens (including phenoxy) is 1. The Labute approximate surface area is 146 Å². The maximum absolute atomic E-state index is 5.83. The lowest BCUT2D eigenvalue weighted by molar-refractivity contribution is 0.0283. The molecule has 134 valence electrons. The van der Waals surface area contributed by atoms with Crippen LogP contribution in [0.2, 0.25) is 0 Å². The SMILES string of the molecule is CCNC(=NCC1(C)CCCO1)NCC(c1ccccc1)N(C)C. The standard InChI is InChI=1S/C19H32N4O/c1-5-20-18(22-15-19(2)12-9-13-24-19)21-14-17(23(3)4)16-10-7-6-8-11-16/h6-8,10-11,17H,5,9,12-15H2,1-4H3,(H2,20,21,22). The van der Waals surface area contributed by atoms with Crippen molar-refractivity contribution in [3.05, 3.63) is 35.9 Å². The van der Waals surface area contributed by atoms with Gasteiger partial charge in [0.25, 0.3) is 0 Å². The fourth-order valence-electron chi connectivity index (χ4n) is 3.02. The number of benzene rings is 1. The van der Waals surface area contributed by atoms with Crippen LogP contribution >= 0.6 is 0 Å². The minimum atomic E-state index is -0.108. The van der Waals surface area contributed by atoms with Crippen molar-refractivity contribution in [2.45, 2.75) is 38.3 Å². The highest BCUT2D eigenvalue weighted by Gasteiger charge is 2.29. The Morgan fingerprint density at radius 2 is 2.04 bits per heavy atom. The molecule has 24 heavy (non-hydrogen) atoms. The molecule has 5 heteroatoms. The maximum atomic E-state index is 5.83. The number of hydrogen-bond acceptors (Lipinski definition) is 3. The Balaban J connectivity index is 1.98. The summed E-state index contributed by atoms with van der Waals surface area (Å²) in [4.78, 5) is 6.97. The van der Waals surface area contributed by atoms with Crippen LogP contribution in [0.25, 0.3) is 0 Å². The molecule has 0 aromatic heterocycles. The molecule has 5 nitrogen and oxygen atoms in total. The molecule has 2 N–H and O–H groups in total. The zero-order chi connectivity index (χ0) is 17.4. The first-order chi connectivity index (χ1) is 11.5. The van der Waals surface area contributed by atoms with Gasteiger partial charge in [-0.25, -0.2) is 0 Å². The zero-order valence-corrected chi connectivity index (χ0v) is 15.5. The molecule has 0 bridgehead atoms. The molecule has 1 aliphatic heterocycles. The van der Waals surface area contributed by atoms with Gasteiger partial charge in [-0.15, -0.1) is 0 Å². The van der Waals surface area contributed by atoms with E-state index in [4.69, 9.17) is 9.73 Å². The average molecular weight is 332 g/mol. The van der Waals surface area contributed by atoms with E-state index in [2.05, 4.69) is 73.8 Å². The van der Waals surface area contributed by atoms with Crippen molar-refractivity contribution in [3.8, 4) is 0 Å². The third-order valence-corrected chi connectivity index (χ3v) is 4.49. The summed E-state index contributed by atoms with van der Waals surface area (Å²) < 4.78 is 5.83. The van der Waals surface area contributed by atoms with Gasteiger partial charge in [-0.2, -0.15) is 0 Å². The number of hydrogen-bond donors (Lipinski definition) is 2. The molecule has 0 saturated carbocycles. The molecular formula is C19H32N4O. The summed E-state index contributed by atoms with van der Waals surface area (Å²) in [6.07, 6.45) is 2.22. The summed E-state index contributed by atoms with van der Waals surface area (Å²) in [7, 11) is 4.22. The van der Waals surface area contributed by atoms with Crippen LogP contribution in [0.5, 0.6) is 0 Å². The predicted molar refractivity (Wildman–Crippen MR) is 100 cm³/mol. The van der Waals surface area contributed by atoms with Crippen LogP contribution < -0.4 is 10.6 Å². The van der Waals surface area contributed by atoms with Crippen molar-refractivity contribution >= 4 is 5.96 Å².